The third-order valence-corrected chi connectivity index (χ3v) is 8.10. The maximum absolute atomic E-state index is 14.0. The first-order chi connectivity index (χ1) is 20.0. The van der Waals surface area contributed by atoms with Crippen molar-refractivity contribution in [3.63, 3.8) is 0 Å². The van der Waals surface area contributed by atoms with Crippen LogP contribution >= 0.6 is 0 Å². The van der Waals surface area contributed by atoms with Gasteiger partial charge in [0.05, 0.1) is 19.0 Å². The molecule has 3 heterocycles. The molecule has 2 N–H and O–H groups in total. The Labute approximate surface area is 245 Å². The van der Waals surface area contributed by atoms with Crippen molar-refractivity contribution in [2.45, 2.75) is 63.6 Å². The van der Waals surface area contributed by atoms with Crippen LogP contribution in [0.4, 0.5) is 0 Å². The fraction of sp³-hybridized carbons (Fsp3) is 0.364. The molecular weight excluding hydrogens is 532 g/mol. The molecule has 218 valence electrons. The van der Waals surface area contributed by atoms with E-state index in [0.29, 0.717) is 18.5 Å². The van der Waals surface area contributed by atoms with Gasteiger partial charge in [0.2, 0.25) is 11.8 Å². The minimum absolute atomic E-state index is 0.0483. The van der Waals surface area contributed by atoms with Crippen molar-refractivity contribution in [3.05, 3.63) is 95.3 Å². The van der Waals surface area contributed by atoms with Gasteiger partial charge in [0.1, 0.15) is 17.8 Å². The standard InChI is InChI=1S/C33H36N4O5/c1-33(2,3)24-10-8-23(9-11-24)31(41)35-26(17-21-6-12-25(38)13-7-21)32(42)36-16-14-27-30(36)28(39)20-37(27)29(40)18-22-5-4-15-34-19-22/h4-13,15,19,26-27,30,38H,14,16-18,20H2,1-3H3,(H,35,41). The molecule has 2 fully saturated rings. The normalized spacial score (nSPS) is 19.0. The number of likely N-dealkylation sites (tertiary alicyclic amines) is 2. The maximum atomic E-state index is 14.0. The number of phenolic OH excluding ortho intramolecular Hbond substituents is 1. The van der Waals surface area contributed by atoms with E-state index in [0.717, 1.165) is 16.7 Å². The van der Waals surface area contributed by atoms with Crippen molar-refractivity contribution in [1.82, 2.24) is 20.1 Å². The second-order valence-corrected chi connectivity index (χ2v) is 12.1. The number of nitrogens with one attached hydrogen (secondary N) is 1. The van der Waals surface area contributed by atoms with Crippen LogP contribution in [0.25, 0.3) is 0 Å². The molecule has 3 unspecified atom stereocenters. The molecule has 9 nitrogen and oxygen atoms in total. The summed E-state index contributed by atoms with van der Waals surface area (Å²) in [7, 11) is 0. The lowest BCUT2D eigenvalue weighted by Crippen LogP contribution is -2.53. The molecule has 0 bridgehead atoms. The molecule has 3 aromatic rings. The van der Waals surface area contributed by atoms with Crippen molar-refractivity contribution in [3.8, 4) is 5.75 Å². The third kappa shape index (κ3) is 6.20. The number of pyridine rings is 1. The number of aromatic hydroxyl groups is 1. The van der Waals surface area contributed by atoms with E-state index in [1.54, 1.807) is 47.6 Å². The number of ketones is 1. The van der Waals surface area contributed by atoms with Crippen molar-refractivity contribution >= 4 is 23.5 Å². The molecule has 9 heteroatoms. The number of Topliss-reactive ketones (excluding diaryl/α,β-unsaturated/α-hetero) is 1. The fourth-order valence-corrected chi connectivity index (χ4v) is 5.80. The highest BCUT2D eigenvalue weighted by Crippen LogP contribution is 2.31. The molecule has 2 aromatic carbocycles. The lowest BCUT2D eigenvalue weighted by atomic mass is 9.86. The Balaban J connectivity index is 1.34. The second-order valence-electron chi connectivity index (χ2n) is 12.1. The summed E-state index contributed by atoms with van der Waals surface area (Å²) in [5.41, 5.74) is 2.95. The van der Waals surface area contributed by atoms with Crippen molar-refractivity contribution in [1.29, 1.82) is 0 Å². The molecule has 2 saturated heterocycles. The largest absolute Gasteiger partial charge is 0.508 e. The molecule has 0 radical (unpaired) electrons. The van der Waals surface area contributed by atoms with Gasteiger partial charge in [-0.05, 0) is 58.9 Å². The Morgan fingerprint density at radius 3 is 2.36 bits per heavy atom. The number of carbonyl (C=O) groups excluding carboxylic acids is 4. The van der Waals surface area contributed by atoms with Crippen LogP contribution in [-0.4, -0.2) is 74.6 Å². The first kappa shape index (κ1) is 29.0. The zero-order chi connectivity index (χ0) is 30.0. The van der Waals surface area contributed by atoms with Crippen LogP contribution < -0.4 is 5.32 Å². The monoisotopic (exact) mass is 568 g/mol. The molecule has 42 heavy (non-hydrogen) atoms. The zero-order valence-corrected chi connectivity index (χ0v) is 24.1. The average molecular weight is 569 g/mol. The molecule has 5 rings (SSSR count). The van der Waals surface area contributed by atoms with Gasteiger partial charge in [-0.1, -0.05) is 51.1 Å². The van der Waals surface area contributed by atoms with Gasteiger partial charge in [0.15, 0.2) is 5.78 Å². The number of hydrogen-bond donors (Lipinski definition) is 2. The number of amides is 3. The highest BCUT2D eigenvalue weighted by Gasteiger charge is 2.52. The van der Waals surface area contributed by atoms with Gasteiger partial charge in [-0.3, -0.25) is 24.2 Å². The zero-order valence-electron chi connectivity index (χ0n) is 24.1. The molecular formula is C33H36N4O5. The Morgan fingerprint density at radius 2 is 1.71 bits per heavy atom. The number of fused-ring (bicyclic) bond motifs is 1. The van der Waals surface area contributed by atoms with Crippen molar-refractivity contribution in [2.24, 2.45) is 0 Å². The van der Waals surface area contributed by atoms with Gasteiger partial charge in [0.25, 0.3) is 5.91 Å². The molecule has 2 aliphatic heterocycles. The van der Waals surface area contributed by atoms with Crippen LogP contribution in [0, 0.1) is 0 Å². The lowest BCUT2D eigenvalue weighted by Gasteiger charge is -2.28. The van der Waals surface area contributed by atoms with E-state index in [-0.39, 0.29) is 48.1 Å². The van der Waals surface area contributed by atoms with Crippen LogP contribution in [0.3, 0.4) is 0 Å². The first-order valence-corrected chi connectivity index (χ1v) is 14.2. The van der Waals surface area contributed by atoms with Crippen LogP contribution in [0.2, 0.25) is 0 Å². The quantitative estimate of drug-likeness (QED) is 0.452. The Bertz CT molecular complexity index is 1470. The predicted molar refractivity (Wildman–Crippen MR) is 157 cm³/mol. The smallest absolute Gasteiger partial charge is 0.251 e. The van der Waals surface area contributed by atoms with E-state index in [1.807, 2.05) is 18.2 Å². The van der Waals surface area contributed by atoms with Crippen LogP contribution in [0.15, 0.2) is 73.1 Å². The SMILES string of the molecule is CC(C)(C)c1ccc(C(=O)NC(Cc2ccc(O)cc2)C(=O)N2CCC3C2C(=O)CN3C(=O)Cc2cccnc2)cc1. The van der Waals surface area contributed by atoms with Gasteiger partial charge in [0, 0.05) is 30.9 Å². The van der Waals surface area contributed by atoms with Crippen molar-refractivity contribution in [2.75, 3.05) is 13.1 Å². The Kier molecular flexibility index (Phi) is 8.11. The third-order valence-electron chi connectivity index (χ3n) is 8.10. The van der Waals surface area contributed by atoms with Gasteiger partial charge in [-0.25, -0.2) is 0 Å². The van der Waals surface area contributed by atoms with Crippen LogP contribution in [0.5, 0.6) is 5.75 Å². The van der Waals surface area contributed by atoms with Crippen LogP contribution in [0.1, 0.15) is 54.2 Å². The van der Waals surface area contributed by atoms with E-state index < -0.39 is 24.0 Å². The van der Waals surface area contributed by atoms with Crippen LogP contribution in [-0.2, 0) is 32.6 Å². The number of aromatic nitrogens is 1. The van der Waals surface area contributed by atoms with Gasteiger partial charge in [-0.15, -0.1) is 0 Å². The molecule has 1 aromatic heterocycles. The van der Waals surface area contributed by atoms with Gasteiger partial charge in [-0.2, -0.15) is 0 Å². The number of rotatable bonds is 7. The minimum atomic E-state index is -0.948. The average Bonchev–Trinajstić information content (AvgIpc) is 3.55. The summed E-state index contributed by atoms with van der Waals surface area (Å²) in [5, 5.41) is 12.6. The summed E-state index contributed by atoms with van der Waals surface area (Å²) in [6, 6.07) is 15.2. The molecule has 0 saturated carbocycles. The lowest BCUT2D eigenvalue weighted by molar-refractivity contribution is -0.138. The molecule has 3 atom stereocenters. The van der Waals surface area contributed by atoms with E-state index in [2.05, 4.69) is 31.1 Å². The summed E-state index contributed by atoms with van der Waals surface area (Å²) in [4.78, 5) is 60.9. The maximum Gasteiger partial charge on any atom is 0.251 e. The molecule has 0 aliphatic carbocycles. The topological polar surface area (TPSA) is 120 Å². The summed E-state index contributed by atoms with van der Waals surface area (Å²) < 4.78 is 0. The van der Waals surface area contributed by atoms with Crippen molar-refractivity contribution < 1.29 is 24.3 Å². The fourth-order valence-electron chi connectivity index (χ4n) is 5.80. The van der Waals surface area contributed by atoms with Gasteiger partial charge < -0.3 is 20.2 Å². The van der Waals surface area contributed by atoms with E-state index in [1.165, 1.54) is 17.0 Å². The number of benzene rings is 2. The number of nitrogens with zero attached hydrogens (tertiary/aromatic N) is 3. The first-order valence-electron chi connectivity index (χ1n) is 14.2. The molecule has 0 spiro atoms. The number of phenols is 1. The summed E-state index contributed by atoms with van der Waals surface area (Å²) in [5.74, 6) is -1.03. The minimum Gasteiger partial charge on any atom is -0.508 e. The molecule has 3 amide bonds. The predicted octanol–water partition coefficient (Wildman–Crippen LogP) is 3.05. The Hall–Kier alpha value is -4.53. The number of hydrogen-bond acceptors (Lipinski definition) is 6. The summed E-state index contributed by atoms with van der Waals surface area (Å²) >= 11 is 0. The van der Waals surface area contributed by atoms with E-state index in [9.17, 15) is 24.3 Å². The number of carbonyl (C=O) groups is 4. The highest BCUT2D eigenvalue weighted by molar-refractivity contribution is 6.01. The van der Waals surface area contributed by atoms with Gasteiger partial charge >= 0.3 is 0 Å². The summed E-state index contributed by atoms with van der Waals surface area (Å²) in [6.07, 6.45) is 4.06. The van der Waals surface area contributed by atoms with E-state index >= 15 is 0 Å². The highest BCUT2D eigenvalue weighted by atomic mass is 16.3. The summed E-state index contributed by atoms with van der Waals surface area (Å²) in [6.45, 7) is 6.53. The van der Waals surface area contributed by atoms with E-state index in [4.69, 9.17) is 0 Å². The second kappa shape index (κ2) is 11.8. The Morgan fingerprint density at radius 1 is 1.00 bits per heavy atom. The molecule has 2 aliphatic rings.